The molecule has 5 rings (SSSR count). The van der Waals surface area contributed by atoms with Crippen molar-refractivity contribution in [3.8, 4) is 22.8 Å². The van der Waals surface area contributed by atoms with Crippen LogP contribution in [-0.4, -0.2) is 49.4 Å². The van der Waals surface area contributed by atoms with Gasteiger partial charge in [0.2, 0.25) is 0 Å². The van der Waals surface area contributed by atoms with Gasteiger partial charge in [0.25, 0.3) is 5.91 Å². The monoisotopic (exact) mass is 464 g/mol. The maximum atomic E-state index is 14.4. The molecular formula is C25H25FN4O4. The number of para-hydroxylation sites is 1. The zero-order chi connectivity index (χ0) is 23.7. The molecule has 2 aliphatic heterocycles. The Morgan fingerprint density at radius 1 is 1.26 bits per heavy atom. The Morgan fingerprint density at radius 2 is 2.15 bits per heavy atom. The molecule has 176 valence electrons. The Kier molecular flexibility index (Phi) is 5.93. The van der Waals surface area contributed by atoms with Gasteiger partial charge in [0, 0.05) is 37.0 Å². The number of nitrogens with one attached hydrogen (secondary N) is 3. The molecule has 0 unspecified atom stereocenters. The van der Waals surface area contributed by atoms with Crippen molar-refractivity contribution in [1.82, 2.24) is 15.3 Å². The molecule has 3 aromatic rings. The fourth-order valence-electron chi connectivity index (χ4n) is 4.42. The smallest absolute Gasteiger partial charge is 0.255 e. The topological polar surface area (TPSA) is 97.5 Å². The van der Waals surface area contributed by atoms with Crippen molar-refractivity contribution in [2.45, 2.75) is 18.4 Å². The summed E-state index contributed by atoms with van der Waals surface area (Å²) < 4.78 is 31.3. The minimum atomic E-state index is -0.504. The van der Waals surface area contributed by atoms with Gasteiger partial charge in [-0.3, -0.25) is 9.78 Å². The van der Waals surface area contributed by atoms with Crippen LogP contribution in [0.2, 0.25) is 0 Å². The van der Waals surface area contributed by atoms with Gasteiger partial charge in [-0.1, -0.05) is 18.2 Å². The van der Waals surface area contributed by atoms with Crippen LogP contribution in [0.15, 0.2) is 48.8 Å². The van der Waals surface area contributed by atoms with Crippen molar-refractivity contribution in [1.29, 1.82) is 0 Å². The summed E-state index contributed by atoms with van der Waals surface area (Å²) in [6, 6.07) is 6.42. The van der Waals surface area contributed by atoms with Gasteiger partial charge in [0.15, 0.2) is 11.6 Å². The second-order valence-corrected chi connectivity index (χ2v) is 8.14. The standard InChI is InChI=1S/C25H25FN4O4/c1-32-15-6-3-5-14-11-28-25(31)20-21(14)30-22(16-9-10-27-12-19(16)34-13-15)23(20)29-18-8-4-7-17(26)24(18)33-2/h3-4,6-10,12,14-15,29-30H,5,11,13H2,1-2H3,(H,28,31)/b6-3+/t14-,15-/m1/s1. The molecule has 8 nitrogen and oxygen atoms in total. The first-order valence-electron chi connectivity index (χ1n) is 11.0. The van der Waals surface area contributed by atoms with E-state index in [2.05, 4.69) is 20.6 Å². The summed E-state index contributed by atoms with van der Waals surface area (Å²) in [5.74, 6) is -0.0996. The summed E-state index contributed by atoms with van der Waals surface area (Å²) in [7, 11) is 3.04. The van der Waals surface area contributed by atoms with E-state index >= 15 is 0 Å². The quantitative estimate of drug-likeness (QED) is 0.502. The lowest BCUT2D eigenvalue weighted by Gasteiger charge is -2.23. The van der Waals surface area contributed by atoms with Crippen LogP contribution in [0.25, 0.3) is 11.3 Å². The highest BCUT2D eigenvalue weighted by Gasteiger charge is 2.33. The SMILES string of the molecule is COc1c(F)cccc1Nc1c2[nH]c3c1C(=O)NC[C@H]3C/C=C/[C@@H](OC)COc1cnccc1-2. The Balaban J connectivity index is 1.72. The summed E-state index contributed by atoms with van der Waals surface area (Å²) in [4.78, 5) is 20.8. The summed E-state index contributed by atoms with van der Waals surface area (Å²) >= 11 is 0. The van der Waals surface area contributed by atoms with Crippen molar-refractivity contribution in [3.05, 3.63) is 65.9 Å². The number of nitrogens with zero attached hydrogens (tertiary/aromatic N) is 1. The lowest BCUT2D eigenvalue weighted by Crippen LogP contribution is -2.35. The summed E-state index contributed by atoms with van der Waals surface area (Å²) in [6.07, 6.45) is 7.76. The maximum absolute atomic E-state index is 14.4. The number of hydrogen-bond donors (Lipinski definition) is 3. The Bertz CT molecular complexity index is 1260. The number of methoxy groups -OCH3 is 2. The number of halogens is 1. The van der Waals surface area contributed by atoms with Crippen LogP contribution in [0.3, 0.4) is 0 Å². The zero-order valence-electron chi connectivity index (χ0n) is 18.9. The lowest BCUT2D eigenvalue weighted by atomic mass is 9.93. The second kappa shape index (κ2) is 9.18. The average Bonchev–Trinajstić information content (AvgIpc) is 3.22. The van der Waals surface area contributed by atoms with Crippen LogP contribution in [0.5, 0.6) is 11.5 Å². The highest BCUT2D eigenvalue weighted by molar-refractivity contribution is 6.07. The van der Waals surface area contributed by atoms with E-state index in [-0.39, 0.29) is 23.7 Å². The Labute approximate surface area is 196 Å². The van der Waals surface area contributed by atoms with Crippen LogP contribution in [0.1, 0.15) is 28.4 Å². The van der Waals surface area contributed by atoms with Gasteiger partial charge in [0.1, 0.15) is 18.5 Å². The largest absolute Gasteiger partial charge is 0.492 e. The van der Waals surface area contributed by atoms with Gasteiger partial charge in [-0.05, 0) is 24.6 Å². The molecule has 3 N–H and O–H groups in total. The third kappa shape index (κ3) is 3.88. The third-order valence-electron chi connectivity index (χ3n) is 6.14. The Morgan fingerprint density at radius 3 is 2.97 bits per heavy atom. The number of anilines is 2. The Hall–Kier alpha value is -3.85. The first-order valence-corrected chi connectivity index (χ1v) is 11.0. The minimum absolute atomic E-state index is 0.0239. The summed E-state index contributed by atoms with van der Waals surface area (Å²) in [5.41, 5.74) is 3.57. The normalized spacial score (nSPS) is 20.1. The fraction of sp³-hybridized carbons (Fsp3) is 0.280. The number of ether oxygens (including phenoxy) is 3. The number of benzene rings is 1. The number of hydrogen-bond acceptors (Lipinski definition) is 6. The number of fused-ring (bicyclic) bond motifs is 3. The lowest BCUT2D eigenvalue weighted by molar-refractivity contribution is 0.0913. The minimum Gasteiger partial charge on any atom is -0.492 e. The van der Waals surface area contributed by atoms with Crippen molar-refractivity contribution >= 4 is 17.3 Å². The van der Waals surface area contributed by atoms with Gasteiger partial charge in [-0.15, -0.1) is 0 Å². The predicted molar refractivity (Wildman–Crippen MR) is 125 cm³/mol. The molecule has 9 heteroatoms. The number of H-pyrrole nitrogens is 1. The zero-order valence-corrected chi connectivity index (χ0v) is 18.9. The van der Waals surface area contributed by atoms with E-state index in [0.29, 0.717) is 53.5 Å². The molecule has 2 bridgehead atoms. The first-order chi connectivity index (χ1) is 16.6. The third-order valence-corrected chi connectivity index (χ3v) is 6.14. The maximum Gasteiger partial charge on any atom is 0.255 e. The summed E-state index contributed by atoms with van der Waals surface area (Å²) in [6.45, 7) is 0.796. The second-order valence-electron chi connectivity index (χ2n) is 8.14. The molecule has 0 fully saturated rings. The molecule has 1 aromatic carbocycles. The van der Waals surface area contributed by atoms with Gasteiger partial charge < -0.3 is 29.8 Å². The van der Waals surface area contributed by atoms with Crippen molar-refractivity contribution in [3.63, 3.8) is 0 Å². The number of rotatable bonds is 4. The van der Waals surface area contributed by atoms with E-state index < -0.39 is 5.82 Å². The predicted octanol–water partition coefficient (Wildman–Crippen LogP) is 4.15. The van der Waals surface area contributed by atoms with E-state index in [1.54, 1.807) is 31.6 Å². The molecule has 1 amide bonds. The van der Waals surface area contributed by atoms with Crippen LogP contribution < -0.4 is 20.1 Å². The highest BCUT2D eigenvalue weighted by atomic mass is 19.1. The fourth-order valence-corrected chi connectivity index (χ4v) is 4.42. The number of aromatic nitrogens is 2. The molecule has 4 heterocycles. The number of carbonyl (C=O) groups is 1. The van der Waals surface area contributed by atoms with Crippen LogP contribution in [-0.2, 0) is 4.74 Å². The molecule has 0 spiro atoms. The van der Waals surface area contributed by atoms with Crippen molar-refractivity contribution in [2.75, 3.05) is 32.7 Å². The van der Waals surface area contributed by atoms with Gasteiger partial charge in [-0.25, -0.2) is 4.39 Å². The first kappa shape index (κ1) is 22.0. The van der Waals surface area contributed by atoms with Gasteiger partial charge in [-0.2, -0.15) is 0 Å². The van der Waals surface area contributed by atoms with E-state index in [0.717, 1.165) is 5.69 Å². The van der Waals surface area contributed by atoms with Crippen LogP contribution in [0, 0.1) is 5.82 Å². The molecule has 34 heavy (non-hydrogen) atoms. The number of allylic oxidation sites excluding steroid dienone is 1. The summed E-state index contributed by atoms with van der Waals surface area (Å²) in [5, 5.41) is 6.25. The van der Waals surface area contributed by atoms with E-state index in [1.165, 1.54) is 13.2 Å². The molecule has 2 aromatic heterocycles. The van der Waals surface area contributed by atoms with Crippen LogP contribution >= 0.6 is 0 Å². The van der Waals surface area contributed by atoms with Crippen molar-refractivity contribution < 1.29 is 23.4 Å². The molecule has 0 aliphatic carbocycles. The molecule has 2 aliphatic rings. The van der Waals surface area contributed by atoms with E-state index in [4.69, 9.17) is 14.2 Å². The molecule has 0 radical (unpaired) electrons. The number of aromatic amines is 1. The van der Waals surface area contributed by atoms with Crippen molar-refractivity contribution in [2.24, 2.45) is 0 Å². The molecule has 0 saturated heterocycles. The number of amides is 1. The molecule has 0 saturated carbocycles. The van der Waals surface area contributed by atoms with Gasteiger partial charge >= 0.3 is 0 Å². The molecular weight excluding hydrogens is 439 g/mol. The number of carbonyl (C=O) groups excluding carboxylic acids is 1. The molecule has 2 atom stereocenters. The average molecular weight is 464 g/mol. The highest BCUT2D eigenvalue weighted by Crippen LogP contribution is 2.44. The van der Waals surface area contributed by atoms with E-state index in [9.17, 15) is 9.18 Å². The van der Waals surface area contributed by atoms with Crippen LogP contribution in [0.4, 0.5) is 15.8 Å². The van der Waals surface area contributed by atoms with Gasteiger partial charge in [0.05, 0.1) is 35.9 Å². The number of pyridine rings is 1. The van der Waals surface area contributed by atoms with E-state index in [1.807, 2.05) is 18.2 Å².